The minimum Gasteiger partial charge on any atom is -0.481 e. The van der Waals surface area contributed by atoms with Gasteiger partial charge < -0.3 is 24.8 Å². The van der Waals surface area contributed by atoms with E-state index in [-0.39, 0.29) is 48.4 Å². The highest BCUT2D eigenvalue weighted by Crippen LogP contribution is 2.48. The molecule has 7 atom stereocenters. The average Bonchev–Trinajstić information content (AvgIpc) is 4.01. The lowest BCUT2D eigenvalue weighted by atomic mass is 9.85. The van der Waals surface area contributed by atoms with E-state index in [2.05, 4.69) is 15.0 Å². The highest BCUT2D eigenvalue weighted by Gasteiger charge is 2.64. The van der Waals surface area contributed by atoms with Crippen molar-refractivity contribution in [3.05, 3.63) is 42.5 Å². The van der Waals surface area contributed by atoms with Gasteiger partial charge in [0, 0.05) is 23.8 Å². The lowest BCUT2D eigenvalue weighted by Crippen LogP contribution is -2.66. The van der Waals surface area contributed by atoms with Crippen LogP contribution < -0.4 is 19.5 Å². The molecule has 0 bridgehead atoms. The monoisotopic (exact) mass is 821 g/mol. The fraction of sp³-hybridized carbons (Fsp3) is 0.615. The number of fused-ring (bicyclic) bond motifs is 3. The van der Waals surface area contributed by atoms with Crippen LogP contribution >= 0.6 is 0 Å². The Bertz CT molecular complexity index is 2070. The van der Waals surface area contributed by atoms with Gasteiger partial charge in [-0.1, -0.05) is 44.2 Å². The van der Waals surface area contributed by atoms with Gasteiger partial charge in [0.05, 0.1) is 18.4 Å². The van der Waals surface area contributed by atoms with Crippen LogP contribution in [-0.2, 0) is 24.4 Å². The fourth-order valence-electron chi connectivity index (χ4n) is 8.08. The van der Waals surface area contributed by atoms with E-state index in [1.807, 2.05) is 6.92 Å². The molecule has 2 aromatic rings. The maximum Gasteiger partial charge on any atom is 0.411 e. The number of hydrogen-bond acceptors (Lipinski definition) is 9. The molecule has 2 saturated carbocycles. The molecule has 6 rings (SSSR count). The third-order valence-corrected chi connectivity index (χ3v) is 14.3. The molecular formula is C39H50F3N5O9S. The quantitative estimate of drug-likeness (QED) is 0.301. The Kier molecular flexibility index (Phi) is 11.0. The normalized spacial score (nSPS) is 29.8. The van der Waals surface area contributed by atoms with E-state index in [0.717, 1.165) is 4.90 Å². The molecule has 3 N–H and O–H groups in total. The minimum atomic E-state index is -5.09. The number of nitrogens with one attached hydrogen (secondary N) is 2. The summed E-state index contributed by atoms with van der Waals surface area (Å²) in [6.45, 7) is 5.91. The number of carboxylic acid groups (broad SMARTS) is 1. The number of methoxy groups -OCH3 is 1. The summed E-state index contributed by atoms with van der Waals surface area (Å²) in [5, 5.41) is 14.4. The first-order chi connectivity index (χ1) is 26.5. The molecule has 1 saturated heterocycles. The van der Waals surface area contributed by atoms with Gasteiger partial charge in [0.1, 0.15) is 29.3 Å². The van der Waals surface area contributed by atoms with Gasteiger partial charge in [-0.05, 0) is 82.6 Å². The molecule has 0 radical (unpaired) electrons. The molecule has 4 aliphatic rings. The van der Waals surface area contributed by atoms with Gasteiger partial charge in [0.2, 0.25) is 33.6 Å². The number of allylic oxidation sites excluding steroid dienone is 1. The zero-order chi connectivity index (χ0) is 41.9. The molecule has 4 amide bonds. The molecule has 1 aromatic carbocycles. The molecule has 57 heavy (non-hydrogen) atoms. The number of carbonyl (C=O) groups excluding carboxylic acids is 3. The second kappa shape index (κ2) is 15.0. The van der Waals surface area contributed by atoms with Crippen LogP contribution in [0.3, 0.4) is 0 Å². The van der Waals surface area contributed by atoms with Crippen molar-refractivity contribution in [3.8, 4) is 11.8 Å². The minimum absolute atomic E-state index is 0.0510. The first-order valence-corrected chi connectivity index (χ1v) is 20.6. The number of nitrogens with zero attached hydrogens (tertiary/aromatic N) is 3. The number of rotatable bonds is 8. The van der Waals surface area contributed by atoms with Crippen LogP contribution in [0.2, 0.25) is 0 Å². The molecule has 0 unspecified atom stereocenters. The summed E-state index contributed by atoms with van der Waals surface area (Å²) in [4.78, 5) is 62.0. The maximum absolute atomic E-state index is 15.0. The van der Waals surface area contributed by atoms with Crippen LogP contribution in [0.5, 0.6) is 11.8 Å². The number of benzene rings is 1. The topological polar surface area (TPSA) is 185 Å². The molecule has 18 heteroatoms. The van der Waals surface area contributed by atoms with E-state index in [1.165, 1.54) is 21.0 Å². The number of aromatic nitrogens is 1. The van der Waals surface area contributed by atoms with Crippen molar-refractivity contribution in [1.29, 1.82) is 0 Å². The van der Waals surface area contributed by atoms with Crippen molar-refractivity contribution >= 4 is 44.6 Å². The van der Waals surface area contributed by atoms with Crippen molar-refractivity contribution in [2.75, 3.05) is 13.7 Å². The van der Waals surface area contributed by atoms with Crippen molar-refractivity contribution in [1.82, 2.24) is 24.8 Å². The van der Waals surface area contributed by atoms with Crippen LogP contribution in [0.1, 0.15) is 79.6 Å². The first kappa shape index (κ1) is 42.0. The predicted molar refractivity (Wildman–Crippen MR) is 202 cm³/mol. The number of alkyl halides is 3. The third kappa shape index (κ3) is 7.97. The molecule has 2 aliphatic carbocycles. The van der Waals surface area contributed by atoms with Crippen molar-refractivity contribution < 1.29 is 55.3 Å². The SMILES string of the molecule is COc1cc2ccccc2c(O[C@@H]2C[C@H]3C(=O)N[C@]4(C(=O)NS(=O)(=O)C5(C)CC5)C[C@H]4/C=C\CC[C@@H](C)C[C@@H](C)[C@H](N(C(=O)O)C(C)(C)C(F)(F)F)C(=O)N3C2)n1. The smallest absolute Gasteiger partial charge is 0.411 e. The molecule has 1 aromatic heterocycles. The fourth-order valence-corrected chi connectivity index (χ4v) is 9.39. The van der Waals surface area contributed by atoms with Crippen molar-refractivity contribution in [3.63, 3.8) is 0 Å². The van der Waals surface area contributed by atoms with Gasteiger partial charge in [-0.15, -0.1) is 0 Å². The van der Waals surface area contributed by atoms with E-state index in [0.29, 0.717) is 50.3 Å². The van der Waals surface area contributed by atoms with Crippen molar-refractivity contribution in [2.24, 2.45) is 17.8 Å². The molecule has 3 fully saturated rings. The zero-order valence-corrected chi connectivity index (χ0v) is 33.6. The molecular weight excluding hydrogens is 772 g/mol. The Morgan fingerprint density at radius 3 is 2.44 bits per heavy atom. The molecule has 2 aliphatic heterocycles. The molecule has 14 nitrogen and oxygen atoms in total. The predicted octanol–water partition coefficient (Wildman–Crippen LogP) is 5.17. The van der Waals surface area contributed by atoms with E-state index in [9.17, 15) is 45.9 Å². The number of halogens is 3. The summed E-state index contributed by atoms with van der Waals surface area (Å²) in [7, 11) is -2.70. The number of amides is 4. The summed E-state index contributed by atoms with van der Waals surface area (Å²) in [5.74, 6) is -4.32. The van der Waals surface area contributed by atoms with E-state index in [4.69, 9.17) is 9.47 Å². The molecule has 0 spiro atoms. The second-order valence-electron chi connectivity index (χ2n) is 16.8. The largest absolute Gasteiger partial charge is 0.481 e. The number of pyridine rings is 1. The van der Waals surface area contributed by atoms with E-state index >= 15 is 0 Å². The van der Waals surface area contributed by atoms with E-state index in [1.54, 1.807) is 42.5 Å². The zero-order valence-electron chi connectivity index (χ0n) is 32.8. The number of hydrogen-bond donors (Lipinski definition) is 3. The van der Waals surface area contributed by atoms with Crippen LogP contribution in [-0.4, -0.2) is 106 Å². The number of sulfonamides is 1. The summed E-state index contributed by atoms with van der Waals surface area (Å²) in [5.41, 5.74) is -4.75. The van der Waals surface area contributed by atoms with Crippen molar-refractivity contribution in [2.45, 2.75) is 120 Å². The van der Waals surface area contributed by atoms with Gasteiger partial charge in [0.15, 0.2) is 0 Å². The maximum atomic E-state index is 15.0. The summed E-state index contributed by atoms with van der Waals surface area (Å²) in [6, 6.07) is 5.39. The van der Waals surface area contributed by atoms with Gasteiger partial charge in [-0.3, -0.25) is 24.0 Å². The lowest BCUT2D eigenvalue weighted by Gasteiger charge is -2.45. The first-order valence-electron chi connectivity index (χ1n) is 19.1. The Morgan fingerprint density at radius 2 is 1.81 bits per heavy atom. The van der Waals surface area contributed by atoms with Crippen LogP contribution in [0.15, 0.2) is 42.5 Å². The van der Waals surface area contributed by atoms with E-state index < -0.39 is 85.9 Å². The van der Waals surface area contributed by atoms with Crippen LogP contribution in [0, 0.1) is 17.8 Å². The Hall–Kier alpha value is -4.61. The van der Waals surface area contributed by atoms with Crippen LogP contribution in [0.4, 0.5) is 18.0 Å². The van der Waals surface area contributed by atoms with Gasteiger partial charge in [-0.2, -0.15) is 18.2 Å². The number of ether oxygens (including phenoxy) is 2. The second-order valence-corrected chi connectivity index (χ2v) is 19.0. The van der Waals surface area contributed by atoms with Gasteiger partial charge in [0.25, 0.3) is 5.91 Å². The Labute approximate surface area is 329 Å². The molecule has 3 heterocycles. The van der Waals surface area contributed by atoms with Gasteiger partial charge in [-0.25, -0.2) is 13.2 Å². The highest BCUT2D eigenvalue weighted by molar-refractivity contribution is 7.91. The lowest BCUT2D eigenvalue weighted by molar-refractivity contribution is -0.222. The molecule has 312 valence electrons. The Morgan fingerprint density at radius 1 is 1.12 bits per heavy atom. The summed E-state index contributed by atoms with van der Waals surface area (Å²) >= 11 is 0. The highest BCUT2D eigenvalue weighted by atomic mass is 32.2. The van der Waals surface area contributed by atoms with Gasteiger partial charge >= 0.3 is 12.3 Å². The Balaban J connectivity index is 1.43. The van der Waals surface area contributed by atoms with Crippen LogP contribution in [0.25, 0.3) is 10.8 Å². The summed E-state index contributed by atoms with van der Waals surface area (Å²) in [6.07, 6.45) is -2.86. The number of carbonyl (C=O) groups is 4. The summed E-state index contributed by atoms with van der Waals surface area (Å²) < 4.78 is 83.2. The average molecular weight is 822 g/mol. The standard InChI is InChI=1S/C39H50F3N5O9S/c1-22-11-7-9-13-25-20-38(25,34(50)45-57(53,54)37(5)15-16-37)44-31(48)28-19-26(56-32-27-14-10-8-12-24(27)18-29(43-32)55-6)21-46(28)33(49)30(23(2)17-22)47(35(51)52)36(3,4)39(40,41)42/h8-10,12-14,18,22-23,25-26,28,30H,7,11,15-17,19-21H2,1-6H3,(H,44,48)(H,45,50)(H,51,52)/b13-9-/t22-,23-,25-,26-,28+,30+,38-/m1/s1. The third-order valence-electron chi connectivity index (χ3n) is 12.2.